The second kappa shape index (κ2) is 4.20. The van der Waals surface area contributed by atoms with Crippen molar-refractivity contribution in [2.45, 2.75) is 9.79 Å². The van der Waals surface area contributed by atoms with Gasteiger partial charge in [0.05, 0.1) is 24.5 Å². The van der Waals surface area contributed by atoms with Gasteiger partial charge in [-0.15, -0.1) is 0 Å². The standard InChI is InChI=1S/C12H10OS/c13-14(11-7-3-1-4-8-11)12-9-5-2-6-10-12/h1-10H/i1D,2D,3D,4D,5D,6D,7D,8D,9D,10D. The molecule has 2 aromatic rings. The maximum Gasteiger partial charge on any atom is 0.0849 e. The molecule has 1 nitrogen and oxygen atoms in total. The van der Waals surface area contributed by atoms with Crippen molar-refractivity contribution in [3.63, 3.8) is 0 Å². The molecule has 0 N–H and O–H groups in total. The van der Waals surface area contributed by atoms with Crippen LogP contribution in [0.3, 0.4) is 0 Å². The Morgan fingerprint density at radius 2 is 1.14 bits per heavy atom. The van der Waals surface area contributed by atoms with Crippen molar-refractivity contribution in [3.05, 3.63) is 60.4 Å². The number of hydrogen-bond donors (Lipinski definition) is 0. The molecule has 0 aliphatic carbocycles. The summed E-state index contributed by atoms with van der Waals surface area (Å²) in [4.78, 5) is -1.25. The van der Waals surface area contributed by atoms with E-state index in [4.69, 9.17) is 13.7 Å². The van der Waals surface area contributed by atoms with Gasteiger partial charge in [0.1, 0.15) is 0 Å². The molecule has 70 valence electrons. The molecule has 0 heterocycles. The molecule has 0 spiro atoms. The van der Waals surface area contributed by atoms with Crippen molar-refractivity contribution in [2.24, 2.45) is 0 Å². The Balaban J connectivity index is 2.87. The molecule has 0 aromatic heterocycles. The summed E-state index contributed by atoms with van der Waals surface area (Å²) in [5.74, 6) is 0. The number of hydrogen-bond acceptors (Lipinski definition) is 1. The number of rotatable bonds is 2. The molecule has 0 saturated carbocycles. The van der Waals surface area contributed by atoms with Crippen LogP contribution < -0.4 is 0 Å². The minimum atomic E-state index is -2.55. The maximum atomic E-state index is 12.7. The lowest BCUT2D eigenvalue weighted by atomic mass is 10.4. The fraction of sp³-hybridized carbons (Fsp3) is 0. The largest absolute Gasteiger partial charge is 0.249 e. The Morgan fingerprint density at radius 3 is 1.50 bits per heavy atom. The van der Waals surface area contributed by atoms with Crippen molar-refractivity contribution in [1.29, 1.82) is 0 Å². The molecule has 0 atom stereocenters. The molecule has 0 saturated heterocycles. The summed E-state index contributed by atoms with van der Waals surface area (Å²) in [5, 5.41) is 0. The molecule has 0 aliphatic rings. The van der Waals surface area contributed by atoms with Crippen LogP contribution in [0.4, 0.5) is 0 Å². The summed E-state index contributed by atoms with van der Waals surface area (Å²) in [6, 6.07) is -7.19. The van der Waals surface area contributed by atoms with Gasteiger partial charge < -0.3 is 0 Å². The smallest absolute Gasteiger partial charge is 0.0849 e. The van der Waals surface area contributed by atoms with Gasteiger partial charge in [-0.05, 0) is 24.2 Å². The van der Waals surface area contributed by atoms with E-state index in [-0.39, 0.29) is 0 Å². The monoisotopic (exact) mass is 212 g/mol. The minimum Gasteiger partial charge on any atom is -0.249 e. The van der Waals surface area contributed by atoms with Gasteiger partial charge in [-0.3, -0.25) is 0 Å². The highest BCUT2D eigenvalue weighted by Crippen LogP contribution is 2.14. The van der Waals surface area contributed by atoms with Gasteiger partial charge in [0.25, 0.3) is 0 Å². The van der Waals surface area contributed by atoms with Gasteiger partial charge in [-0.2, -0.15) is 0 Å². The third-order valence-corrected chi connectivity index (χ3v) is 2.47. The first-order valence-corrected chi connectivity index (χ1v) is 4.72. The van der Waals surface area contributed by atoms with E-state index in [1.54, 1.807) is 0 Å². The van der Waals surface area contributed by atoms with Crippen molar-refractivity contribution in [1.82, 2.24) is 0 Å². The average molecular weight is 212 g/mol. The lowest BCUT2D eigenvalue weighted by Gasteiger charge is -2.00. The summed E-state index contributed by atoms with van der Waals surface area (Å²) in [6.45, 7) is 0. The predicted molar refractivity (Wildman–Crippen MR) is 57.6 cm³/mol. The molecule has 2 aromatic carbocycles. The molecule has 0 aliphatic heterocycles. The highest BCUT2D eigenvalue weighted by Gasteiger charge is 2.04. The molecular weight excluding hydrogens is 192 g/mol. The fourth-order valence-corrected chi connectivity index (χ4v) is 1.54. The minimum absolute atomic E-state index is 0.625. The zero-order valence-electron chi connectivity index (χ0n) is 16.8. The second-order valence-electron chi connectivity index (χ2n) is 2.18. The molecular formula is C12H10OS. The van der Waals surface area contributed by atoms with E-state index in [1.807, 2.05) is 0 Å². The quantitative estimate of drug-likeness (QED) is 0.748. The zero-order chi connectivity index (χ0) is 18.5. The molecule has 0 fully saturated rings. The van der Waals surface area contributed by atoms with Crippen LogP contribution in [0.15, 0.2) is 70.2 Å². The molecule has 0 unspecified atom stereocenters. The molecule has 14 heavy (non-hydrogen) atoms. The average Bonchev–Trinajstić information content (AvgIpc) is 2.55. The first-order chi connectivity index (χ1) is 11.0. The molecule has 0 bridgehead atoms. The van der Waals surface area contributed by atoms with E-state index in [0.29, 0.717) is 0 Å². The van der Waals surface area contributed by atoms with Crippen LogP contribution in [0.2, 0.25) is 0 Å². The SMILES string of the molecule is [2H]c1c([2H])c([2H])c(S(=O)c2c([2H])c([2H])c([2H])c([2H])c2[2H])c([2H])c1[2H]. The van der Waals surface area contributed by atoms with E-state index in [0.717, 1.165) is 0 Å². The van der Waals surface area contributed by atoms with Crippen molar-refractivity contribution >= 4 is 10.8 Å². The number of benzene rings is 2. The van der Waals surface area contributed by atoms with E-state index in [9.17, 15) is 4.21 Å². The molecule has 2 heteroatoms. The second-order valence-corrected chi connectivity index (χ2v) is 3.53. The van der Waals surface area contributed by atoms with Gasteiger partial charge >= 0.3 is 0 Å². The van der Waals surface area contributed by atoms with E-state index >= 15 is 0 Å². The summed E-state index contributed by atoms with van der Waals surface area (Å²) in [6.07, 6.45) is 0. The van der Waals surface area contributed by atoms with Crippen molar-refractivity contribution < 1.29 is 17.9 Å². The predicted octanol–water partition coefficient (Wildman–Crippen LogP) is 2.85. The van der Waals surface area contributed by atoms with Crippen LogP contribution in [-0.2, 0) is 10.8 Å². The van der Waals surface area contributed by atoms with E-state index < -0.39 is 81.0 Å². The highest BCUT2D eigenvalue weighted by molar-refractivity contribution is 7.85. The Hall–Kier alpha value is -1.41. The summed E-state index contributed by atoms with van der Waals surface area (Å²) in [7, 11) is -2.55. The third-order valence-electron chi connectivity index (χ3n) is 1.32. The van der Waals surface area contributed by atoms with Gasteiger partial charge in [0.15, 0.2) is 0 Å². The van der Waals surface area contributed by atoms with Gasteiger partial charge in [0, 0.05) is 9.79 Å². The Morgan fingerprint density at radius 1 is 0.786 bits per heavy atom. The lowest BCUT2D eigenvalue weighted by Crippen LogP contribution is -1.91. The van der Waals surface area contributed by atoms with Crippen LogP contribution in [-0.4, -0.2) is 4.21 Å². The van der Waals surface area contributed by atoms with Gasteiger partial charge in [0.2, 0.25) is 0 Å². The highest BCUT2D eigenvalue weighted by atomic mass is 32.2. The topological polar surface area (TPSA) is 17.1 Å². The first-order valence-electron chi connectivity index (χ1n) is 8.57. The summed E-state index contributed by atoms with van der Waals surface area (Å²) < 4.78 is 89.2. The van der Waals surface area contributed by atoms with Crippen LogP contribution in [0.5, 0.6) is 0 Å². The maximum absolute atomic E-state index is 12.7. The van der Waals surface area contributed by atoms with Crippen molar-refractivity contribution in [2.75, 3.05) is 0 Å². The van der Waals surface area contributed by atoms with Gasteiger partial charge in [-0.25, -0.2) is 4.21 Å². The van der Waals surface area contributed by atoms with Crippen molar-refractivity contribution in [3.8, 4) is 0 Å². The van der Waals surface area contributed by atoms with E-state index in [2.05, 4.69) is 0 Å². The van der Waals surface area contributed by atoms with Crippen LogP contribution >= 0.6 is 0 Å². The lowest BCUT2D eigenvalue weighted by molar-refractivity contribution is 0.683. The Kier molecular flexibility index (Phi) is 0.912. The molecule has 0 amide bonds. The van der Waals surface area contributed by atoms with Crippen LogP contribution in [0, 0.1) is 0 Å². The molecule has 0 radical (unpaired) electrons. The Labute approximate surface area is 99.9 Å². The third kappa shape index (κ3) is 1.91. The summed E-state index contributed by atoms with van der Waals surface area (Å²) in [5.41, 5.74) is 0. The summed E-state index contributed by atoms with van der Waals surface area (Å²) >= 11 is 0. The first kappa shape index (κ1) is 3.04. The van der Waals surface area contributed by atoms with Crippen LogP contribution in [0.25, 0.3) is 0 Å². The Bertz CT molecular complexity index is 765. The fourth-order valence-electron chi connectivity index (χ4n) is 0.765. The zero-order valence-corrected chi connectivity index (χ0v) is 7.63. The normalized spacial score (nSPS) is 20.4. The van der Waals surface area contributed by atoms with Crippen LogP contribution in [0.1, 0.15) is 13.7 Å². The van der Waals surface area contributed by atoms with E-state index in [1.165, 1.54) is 0 Å². The molecule has 2 rings (SSSR count). The van der Waals surface area contributed by atoms with Gasteiger partial charge in [-0.1, -0.05) is 36.3 Å².